The summed E-state index contributed by atoms with van der Waals surface area (Å²) in [5, 5.41) is 9.69. The topological polar surface area (TPSA) is 20.2 Å². The third-order valence-corrected chi connectivity index (χ3v) is 2.96. The van der Waals surface area contributed by atoms with E-state index in [1.165, 1.54) is 0 Å². The molecule has 12 heavy (non-hydrogen) atoms. The molecule has 1 nitrogen and oxygen atoms in total. The molecule has 1 aromatic carbocycles. The number of halogens is 2. The number of aliphatic hydroxyl groups is 1. The summed E-state index contributed by atoms with van der Waals surface area (Å²) in [6.07, 6.45) is 0. The first-order valence-electron chi connectivity index (χ1n) is 3.43. The van der Waals surface area contributed by atoms with E-state index in [1.54, 1.807) is 23.9 Å². The molecule has 1 N–H and O–H groups in total. The number of thioether (sulfide) groups is 1. The van der Waals surface area contributed by atoms with Crippen LogP contribution in [0, 0.1) is 0 Å². The molecule has 0 unspecified atom stereocenters. The Labute approximate surface area is 85.7 Å². The first-order valence-corrected chi connectivity index (χ1v) is 5.17. The van der Waals surface area contributed by atoms with Crippen molar-refractivity contribution in [3.05, 3.63) is 28.2 Å². The summed E-state index contributed by atoms with van der Waals surface area (Å²) >= 11 is 13.1. The van der Waals surface area contributed by atoms with Gasteiger partial charge in [0, 0.05) is 10.6 Å². The second kappa shape index (κ2) is 4.97. The highest BCUT2D eigenvalue weighted by atomic mass is 35.5. The fraction of sp³-hybridized carbons (Fsp3) is 0.250. The van der Waals surface area contributed by atoms with Gasteiger partial charge in [0.15, 0.2) is 0 Å². The normalized spacial score (nSPS) is 10.2. The van der Waals surface area contributed by atoms with Crippen molar-refractivity contribution in [2.75, 3.05) is 12.4 Å². The van der Waals surface area contributed by atoms with Crippen molar-refractivity contribution in [3.8, 4) is 0 Å². The molecule has 1 aromatic rings. The summed E-state index contributed by atoms with van der Waals surface area (Å²) in [5.74, 6) is 0.679. The minimum Gasteiger partial charge on any atom is -0.396 e. The summed E-state index contributed by atoms with van der Waals surface area (Å²) in [6.45, 7) is 0.172. The SMILES string of the molecule is OCCSc1ccc(Cl)c(Cl)c1. The number of benzene rings is 1. The van der Waals surface area contributed by atoms with E-state index in [4.69, 9.17) is 28.3 Å². The first kappa shape index (κ1) is 10.2. The maximum Gasteiger partial charge on any atom is 0.0603 e. The van der Waals surface area contributed by atoms with E-state index < -0.39 is 0 Å². The van der Waals surface area contributed by atoms with Gasteiger partial charge in [-0.25, -0.2) is 0 Å². The lowest BCUT2D eigenvalue weighted by molar-refractivity contribution is 0.322. The summed E-state index contributed by atoms with van der Waals surface area (Å²) in [4.78, 5) is 1.03. The van der Waals surface area contributed by atoms with Crippen LogP contribution in [0.4, 0.5) is 0 Å². The fourth-order valence-corrected chi connectivity index (χ4v) is 1.79. The minimum absolute atomic E-state index is 0.172. The molecule has 0 saturated heterocycles. The second-order valence-electron chi connectivity index (χ2n) is 2.15. The third kappa shape index (κ3) is 2.87. The van der Waals surface area contributed by atoms with E-state index in [1.807, 2.05) is 6.07 Å². The van der Waals surface area contributed by atoms with Crippen molar-refractivity contribution < 1.29 is 5.11 Å². The van der Waals surface area contributed by atoms with Crippen LogP contribution in [-0.4, -0.2) is 17.5 Å². The van der Waals surface area contributed by atoms with Crippen LogP contribution in [0.3, 0.4) is 0 Å². The molecular formula is C8H8Cl2OS. The van der Waals surface area contributed by atoms with Gasteiger partial charge in [0.2, 0.25) is 0 Å². The van der Waals surface area contributed by atoms with Crippen molar-refractivity contribution >= 4 is 35.0 Å². The fourth-order valence-electron chi connectivity index (χ4n) is 0.730. The van der Waals surface area contributed by atoms with Gasteiger partial charge in [-0.15, -0.1) is 11.8 Å². The molecule has 0 aromatic heterocycles. The summed E-state index contributed by atoms with van der Waals surface area (Å²) in [5.41, 5.74) is 0. The van der Waals surface area contributed by atoms with Crippen LogP contribution < -0.4 is 0 Å². The lowest BCUT2D eigenvalue weighted by Crippen LogP contribution is -1.85. The van der Waals surface area contributed by atoms with Crippen molar-refractivity contribution in [2.45, 2.75) is 4.90 Å². The molecule has 0 radical (unpaired) electrons. The van der Waals surface area contributed by atoms with Gasteiger partial charge in [0.05, 0.1) is 16.7 Å². The van der Waals surface area contributed by atoms with E-state index in [-0.39, 0.29) is 6.61 Å². The van der Waals surface area contributed by atoms with Gasteiger partial charge in [-0.05, 0) is 18.2 Å². The van der Waals surface area contributed by atoms with Gasteiger partial charge in [-0.2, -0.15) is 0 Å². The number of rotatable bonds is 3. The predicted octanol–water partition coefficient (Wildman–Crippen LogP) is 3.08. The lowest BCUT2D eigenvalue weighted by Gasteiger charge is -2.00. The smallest absolute Gasteiger partial charge is 0.0603 e. The Kier molecular flexibility index (Phi) is 4.22. The largest absolute Gasteiger partial charge is 0.396 e. The maximum atomic E-state index is 8.57. The molecule has 0 atom stereocenters. The van der Waals surface area contributed by atoms with Crippen LogP contribution >= 0.6 is 35.0 Å². The summed E-state index contributed by atoms with van der Waals surface area (Å²) in [6, 6.07) is 5.43. The molecular weight excluding hydrogens is 215 g/mol. The van der Waals surface area contributed by atoms with Crippen molar-refractivity contribution in [1.82, 2.24) is 0 Å². The first-order chi connectivity index (χ1) is 5.74. The Hall–Kier alpha value is 0.110. The Balaban J connectivity index is 2.69. The molecule has 66 valence electrons. The molecule has 0 spiro atoms. The van der Waals surface area contributed by atoms with Gasteiger partial charge in [-0.1, -0.05) is 23.2 Å². The average molecular weight is 223 g/mol. The van der Waals surface area contributed by atoms with E-state index in [2.05, 4.69) is 0 Å². The Morgan fingerprint density at radius 1 is 1.25 bits per heavy atom. The van der Waals surface area contributed by atoms with Crippen LogP contribution in [0.25, 0.3) is 0 Å². The summed E-state index contributed by atoms with van der Waals surface area (Å²) < 4.78 is 0. The van der Waals surface area contributed by atoms with Crippen LogP contribution in [0.1, 0.15) is 0 Å². The van der Waals surface area contributed by atoms with Gasteiger partial charge in [-0.3, -0.25) is 0 Å². The monoisotopic (exact) mass is 222 g/mol. The molecule has 4 heteroatoms. The molecule has 0 aliphatic carbocycles. The molecule has 0 amide bonds. The molecule has 0 heterocycles. The Morgan fingerprint density at radius 2 is 2.00 bits per heavy atom. The third-order valence-electron chi connectivity index (χ3n) is 1.25. The number of hydrogen-bond donors (Lipinski definition) is 1. The van der Waals surface area contributed by atoms with E-state index in [9.17, 15) is 0 Å². The van der Waals surface area contributed by atoms with Gasteiger partial charge in [0.1, 0.15) is 0 Å². The number of aliphatic hydroxyl groups excluding tert-OH is 1. The average Bonchev–Trinajstić information content (AvgIpc) is 2.07. The zero-order valence-electron chi connectivity index (χ0n) is 6.26. The predicted molar refractivity (Wildman–Crippen MR) is 54.3 cm³/mol. The molecule has 0 bridgehead atoms. The second-order valence-corrected chi connectivity index (χ2v) is 4.13. The van der Waals surface area contributed by atoms with Crippen molar-refractivity contribution in [2.24, 2.45) is 0 Å². The van der Waals surface area contributed by atoms with Crippen molar-refractivity contribution in [1.29, 1.82) is 0 Å². The number of hydrogen-bond acceptors (Lipinski definition) is 2. The van der Waals surface area contributed by atoms with Crippen LogP contribution in [-0.2, 0) is 0 Å². The molecule has 0 aliphatic rings. The van der Waals surface area contributed by atoms with Crippen LogP contribution in [0.5, 0.6) is 0 Å². The quantitative estimate of drug-likeness (QED) is 0.794. The van der Waals surface area contributed by atoms with E-state index in [0.29, 0.717) is 15.8 Å². The van der Waals surface area contributed by atoms with E-state index in [0.717, 1.165) is 4.90 Å². The summed E-state index contributed by atoms with van der Waals surface area (Å²) in [7, 11) is 0. The highest BCUT2D eigenvalue weighted by Crippen LogP contribution is 2.27. The molecule has 1 rings (SSSR count). The van der Waals surface area contributed by atoms with Crippen molar-refractivity contribution in [3.63, 3.8) is 0 Å². The van der Waals surface area contributed by atoms with E-state index >= 15 is 0 Å². The van der Waals surface area contributed by atoms with Crippen LogP contribution in [0.2, 0.25) is 10.0 Å². The zero-order chi connectivity index (χ0) is 8.97. The molecule has 0 fully saturated rings. The molecule has 0 aliphatic heterocycles. The highest BCUT2D eigenvalue weighted by Gasteiger charge is 1.98. The van der Waals surface area contributed by atoms with Gasteiger partial charge in [0.25, 0.3) is 0 Å². The molecule has 0 saturated carbocycles. The minimum atomic E-state index is 0.172. The van der Waals surface area contributed by atoms with Gasteiger partial charge < -0.3 is 5.11 Å². The standard InChI is InChI=1S/C8H8Cl2OS/c9-7-2-1-6(5-8(7)10)12-4-3-11/h1-2,5,11H,3-4H2. The Morgan fingerprint density at radius 3 is 2.58 bits per heavy atom. The van der Waals surface area contributed by atoms with Crippen LogP contribution in [0.15, 0.2) is 23.1 Å². The lowest BCUT2D eigenvalue weighted by atomic mass is 10.4. The zero-order valence-corrected chi connectivity index (χ0v) is 8.59. The van der Waals surface area contributed by atoms with Gasteiger partial charge >= 0.3 is 0 Å². The Bertz CT molecular complexity index is 265. The maximum absolute atomic E-state index is 8.57. The highest BCUT2D eigenvalue weighted by molar-refractivity contribution is 7.99.